The van der Waals surface area contributed by atoms with Crippen molar-refractivity contribution < 1.29 is 0 Å². The summed E-state index contributed by atoms with van der Waals surface area (Å²) in [6, 6.07) is 8.45. The van der Waals surface area contributed by atoms with E-state index in [1.165, 1.54) is 29.0 Å². The highest BCUT2D eigenvalue weighted by molar-refractivity contribution is 9.09. The van der Waals surface area contributed by atoms with E-state index in [1.54, 1.807) is 0 Å². The molecule has 3 atom stereocenters. The van der Waals surface area contributed by atoms with Crippen LogP contribution in [0.3, 0.4) is 0 Å². The highest BCUT2D eigenvalue weighted by Crippen LogP contribution is 2.56. The van der Waals surface area contributed by atoms with Crippen LogP contribution in [0, 0.1) is 17.8 Å². The number of benzene rings is 1. The second-order valence-corrected chi connectivity index (χ2v) is 8.07. The topological polar surface area (TPSA) is 12.9 Å². The summed E-state index contributed by atoms with van der Waals surface area (Å²) >= 11 is 5.77. The van der Waals surface area contributed by atoms with Crippen molar-refractivity contribution in [1.82, 2.24) is 4.98 Å². The first-order chi connectivity index (χ1) is 8.79. The lowest BCUT2D eigenvalue weighted by Crippen LogP contribution is -2.15. The molecule has 2 aromatic rings. The smallest absolute Gasteiger partial charge is 0.0949 e. The van der Waals surface area contributed by atoms with E-state index in [-0.39, 0.29) is 0 Å². The van der Waals surface area contributed by atoms with Crippen LogP contribution in [0.25, 0.3) is 10.2 Å². The van der Waals surface area contributed by atoms with Gasteiger partial charge in [-0.05, 0) is 49.1 Å². The Morgan fingerprint density at radius 3 is 2.78 bits per heavy atom. The van der Waals surface area contributed by atoms with Crippen molar-refractivity contribution in [2.75, 3.05) is 0 Å². The van der Waals surface area contributed by atoms with Crippen LogP contribution in [-0.4, -0.2) is 9.81 Å². The molecule has 0 bridgehead atoms. The number of fused-ring (bicyclic) bond motifs is 2. The van der Waals surface area contributed by atoms with Crippen molar-refractivity contribution in [3.63, 3.8) is 0 Å². The number of nitrogens with zero attached hydrogens (tertiary/aromatic N) is 1. The molecule has 0 spiro atoms. The Kier molecular flexibility index (Phi) is 2.73. The van der Waals surface area contributed by atoms with Gasteiger partial charge in [0, 0.05) is 11.2 Å². The summed E-state index contributed by atoms with van der Waals surface area (Å²) in [5.41, 5.74) is 1.16. The summed E-state index contributed by atoms with van der Waals surface area (Å²) in [6.07, 6.45) is 5.51. The van der Waals surface area contributed by atoms with Gasteiger partial charge in [0.1, 0.15) is 0 Å². The fourth-order valence-electron chi connectivity index (χ4n) is 3.40. The monoisotopic (exact) mass is 321 g/mol. The molecule has 1 aromatic heterocycles. The number of halogens is 1. The molecule has 2 saturated carbocycles. The van der Waals surface area contributed by atoms with Crippen molar-refractivity contribution in [1.29, 1.82) is 0 Å². The maximum absolute atomic E-state index is 4.74. The third kappa shape index (κ3) is 2.01. The maximum atomic E-state index is 4.74. The van der Waals surface area contributed by atoms with Crippen LogP contribution in [0.15, 0.2) is 24.3 Å². The van der Waals surface area contributed by atoms with E-state index in [2.05, 4.69) is 40.2 Å². The van der Waals surface area contributed by atoms with Crippen molar-refractivity contribution in [3.05, 3.63) is 29.3 Å². The van der Waals surface area contributed by atoms with Gasteiger partial charge in [-0.1, -0.05) is 28.1 Å². The molecular formula is C15H16BrNS. The van der Waals surface area contributed by atoms with Gasteiger partial charge in [0.05, 0.1) is 15.2 Å². The van der Waals surface area contributed by atoms with Crippen molar-refractivity contribution >= 4 is 37.5 Å². The number of aromatic nitrogens is 1. The minimum absolute atomic E-state index is 0.630. The molecule has 0 radical (unpaired) electrons. The standard InChI is InChI=1S/C15H16BrNS/c16-12(11-6-9-5-10(9)7-11)8-15-17-13-3-1-2-4-14(13)18-15/h1-4,9-12H,5-8H2. The summed E-state index contributed by atoms with van der Waals surface area (Å²) in [4.78, 5) is 5.37. The maximum Gasteiger partial charge on any atom is 0.0949 e. The summed E-state index contributed by atoms with van der Waals surface area (Å²) in [5.74, 6) is 3.04. The fourth-order valence-corrected chi connectivity index (χ4v) is 5.38. The number of hydrogen-bond donors (Lipinski definition) is 0. The highest BCUT2D eigenvalue weighted by Gasteiger charge is 2.47. The number of hydrogen-bond acceptors (Lipinski definition) is 2. The first-order valence-electron chi connectivity index (χ1n) is 6.78. The lowest BCUT2D eigenvalue weighted by atomic mass is 9.98. The Bertz CT molecular complexity index is 536. The van der Waals surface area contributed by atoms with E-state index in [0.29, 0.717) is 4.83 Å². The molecule has 4 rings (SSSR count). The molecule has 2 aliphatic carbocycles. The normalized spacial score (nSPS) is 31.5. The van der Waals surface area contributed by atoms with Gasteiger partial charge < -0.3 is 0 Å². The first-order valence-corrected chi connectivity index (χ1v) is 8.51. The molecular weight excluding hydrogens is 306 g/mol. The van der Waals surface area contributed by atoms with Gasteiger partial charge in [0.15, 0.2) is 0 Å². The molecule has 3 heteroatoms. The summed E-state index contributed by atoms with van der Waals surface area (Å²) in [6.45, 7) is 0. The zero-order valence-corrected chi connectivity index (χ0v) is 12.6. The number of rotatable bonds is 3. The molecule has 0 saturated heterocycles. The largest absolute Gasteiger partial charge is 0.241 e. The van der Waals surface area contributed by atoms with Crippen molar-refractivity contribution in [2.45, 2.75) is 30.5 Å². The number of alkyl halides is 1. The van der Waals surface area contributed by atoms with Crippen molar-refractivity contribution in [2.24, 2.45) is 17.8 Å². The highest BCUT2D eigenvalue weighted by atomic mass is 79.9. The predicted molar refractivity (Wildman–Crippen MR) is 80.4 cm³/mol. The molecule has 0 amide bonds. The Hall–Kier alpha value is -0.410. The Balaban J connectivity index is 1.49. The van der Waals surface area contributed by atoms with Crippen LogP contribution < -0.4 is 0 Å². The van der Waals surface area contributed by atoms with E-state index < -0.39 is 0 Å². The third-order valence-corrected chi connectivity index (χ3v) is 6.63. The fraction of sp³-hybridized carbons (Fsp3) is 0.533. The molecule has 1 nitrogen and oxygen atoms in total. The lowest BCUT2D eigenvalue weighted by molar-refractivity contribution is 0.470. The van der Waals surface area contributed by atoms with Gasteiger partial charge in [-0.2, -0.15) is 0 Å². The second kappa shape index (κ2) is 4.31. The Morgan fingerprint density at radius 1 is 1.22 bits per heavy atom. The summed E-state index contributed by atoms with van der Waals surface area (Å²) in [7, 11) is 0. The van der Waals surface area contributed by atoms with E-state index in [9.17, 15) is 0 Å². The number of thiazole rings is 1. The van der Waals surface area contributed by atoms with Gasteiger partial charge in [-0.15, -0.1) is 11.3 Å². The zero-order valence-electron chi connectivity index (χ0n) is 10.2. The summed E-state index contributed by atoms with van der Waals surface area (Å²) < 4.78 is 1.32. The van der Waals surface area contributed by atoms with Gasteiger partial charge in [-0.3, -0.25) is 0 Å². The quantitative estimate of drug-likeness (QED) is 0.750. The van der Waals surface area contributed by atoms with Crippen LogP contribution >= 0.6 is 27.3 Å². The molecule has 2 aliphatic rings. The lowest BCUT2D eigenvalue weighted by Gasteiger charge is -2.17. The van der Waals surface area contributed by atoms with E-state index >= 15 is 0 Å². The third-order valence-electron chi connectivity index (χ3n) is 4.50. The van der Waals surface area contributed by atoms with E-state index in [4.69, 9.17) is 4.98 Å². The number of para-hydroxylation sites is 1. The Labute approximate surface area is 120 Å². The second-order valence-electron chi connectivity index (χ2n) is 5.78. The van der Waals surface area contributed by atoms with Gasteiger partial charge in [0.2, 0.25) is 0 Å². The molecule has 1 heterocycles. The van der Waals surface area contributed by atoms with Crippen LogP contribution in [0.5, 0.6) is 0 Å². The predicted octanol–water partition coefficient (Wildman–Crippen LogP) is 4.65. The van der Waals surface area contributed by atoms with Crippen molar-refractivity contribution in [3.8, 4) is 0 Å². The van der Waals surface area contributed by atoms with Gasteiger partial charge >= 0.3 is 0 Å². The minimum atomic E-state index is 0.630. The van der Waals surface area contributed by atoms with Gasteiger partial charge in [-0.25, -0.2) is 4.98 Å². The molecule has 2 fully saturated rings. The SMILES string of the molecule is BrC(Cc1nc2ccccc2s1)C1CC2CC2C1. The van der Waals surface area contributed by atoms with Crippen LogP contribution in [0.4, 0.5) is 0 Å². The average Bonchev–Trinajstić information content (AvgIpc) is 2.83. The van der Waals surface area contributed by atoms with E-state index in [1.807, 2.05) is 11.3 Å². The molecule has 94 valence electrons. The molecule has 18 heavy (non-hydrogen) atoms. The first kappa shape index (κ1) is 11.4. The zero-order chi connectivity index (χ0) is 12.1. The van der Waals surface area contributed by atoms with Crippen LogP contribution in [0.1, 0.15) is 24.3 Å². The van der Waals surface area contributed by atoms with Gasteiger partial charge in [0.25, 0.3) is 0 Å². The van der Waals surface area contributed by atoms with Crippen LogP contribution in [0.2, 0.25) is 0 Å². The summed E-state index contributed by atoms with van der Waals surface area (Å²) in [5, 5.41) is 1.29. The van der Waals surface area contributed by atoms with Crippen LogP contribution in [-0.2, 0) is 6.42 Å². The minimum Gasteiger partial charge on any atom is -0.241 e. The average molecular weight is 322 g/mol. The van der Waals surface area contributed by atoms with E-state index in [0.717, 1.165) is 29.7 Å². The molecule has 3 unspecified atom stereocenters. The Morgan fingerprint density at radius 2 is 2.00 bits per heavy atom. The molecule has 0 N–H and O–H groups in total. The molecule has 0 aliphatic heterocycles. The molecule has 1 aromatic carbocycles.